The second-order valence-corrected chi connectivity index (χ2v) is 5.77. The maximum absolute atomic E-state index is 12.3. The van der Waals surface area contributed by atoms with Gasteiger partial charge in [-0.15, -0.1) is 0 Å². The molecule has 1 atom stereocenters. The number of benzene rings is 1. The molecule has 1 heterocycles. The Labute approximate surface area is 141 Å². The summed E-state index contributed by atoms with van der Waals surface area (Å²) in [6.07, 6.45) is 2.94. The van der Waals surface area contributed by atoms with Crippen LogP contribution < -0.4 is 14.8 Å². The first kappa shape index (κ1) is 18.1. The van der Waals surface area contributed by atoms with E-state index < -0.39 is 12.0 Å². The molecule has 0 saturated carbocycles. The molecule has 1 aromatic carbocycles. The van der Waals surface area contributed by atoms with Gasteiger partial charge >= 0.3 is 5.97 Å². The van der Waals surface area contributed by atoms with Gasteiger partial charge in [-0.2, -0.15) is 0 Å². The van der Waals surface area contributed by atoms with Gasteiger partial charge in [0.1, 0.15) is 17.5 Å². The van der Waals surface area contributed by atoms with E-state index in [0.717, 1.165) is 19.3 Å². The van der Waals surface area contributed by atoms with Crippen molar-refractivity contribution in [2.24, 2.45) is 0 Å². The molecule has 2 N–H and O–H groups in total. The van der Waals surface area contributed by atoms with Gasteiger partial charge in [0.2, 0.25) is 5.91 Å². The van der Waals surface area contributed by atoms with Gasteiger partial charge in [-0.25, -0.2) is 0 Å². The molecule has 24 heavy (non-hydrogen) atoms. The van der Waals surface area contributed by atoms with Crippen molar-refractivity contribution in [3.05, 3.63) is 18.2 Å². The van der Waals surface area contributed by atoms with E-state index in [4.69, 9.17) is 9.47 Å². The van der Waals surface area contributed by atoms with Crippen LogP contribution in [0.15, 0.2) is 18.2 Å². The maximum atomic E-state index is 12.3. The molecule has 1 aliphatic rings. The smallest absolute Gasteiger partial charge is 0.321 e. The van der Waals surface area contributed by atoms with E-state index in [0.29, 0.717) is 30.3 Å². The number of methoxy groups -OCH3 is 2. The Balaban J connectivity index is 2.06. The van der Waals surface area contributed by atoms with Crippen molar-refractivity contribution >= 4 is 17.6 Å². The van der Waals surface area contributed by atoms with Crippen molar-refractivity contribution in [1.29, 1.82) is 0 Å². The van der Waals surface area contributed by atoms with E-state index in [9.17, 15) is 14.7 Å². The van der Waals surface area contributed by atoms with E-state index in [1.807, 2.05) is 4.90 Å². The van der Waals surface area contributed by atoms with Crippen molar-refractivity contribution in [3.63, 3.8) is 0 Å². The van der Waals surface area contributed by atoms with Crippen LogP contribution in [0.5, 0.6) is 11.5 Å². The van der Waals surface area contributed by atoms with Crippen molar-refractivity contribution in [3.8, 4) is 11.5 Å². The fourth-order valence-electron chi connectivity index (χ4n) is 2.89. The van der Waals surface area contributed by atoms with Gasteiger partial charge in [0.05, 0.1) is 26.3 Å². The summed E-state index contributed by atoms with van der Waals surface area (Å²) >= 11 is 0. The summed E-state index contributed by atoms with van der Waals surface area (Å²) in [5.41, 5.74) is 0.463. The molecule has 1 aliphatic heterocycles. The predicted octanol–water partition coefficient (Wildman–Crippen LogP) is 1.97. The highest BCUT2D eigenvalue weighted by Crippen LogP contribution is 2.29. The third kappa shape index (κ3) is 4.61. The second kappa shape index (κ2) is 8.54. The molecule has 1 fully saturated rings. The molecule has 0 aliphatic carbocycles. The van der Waals surface area contributed by atoms with Crippen molar-refractivity contribution in [2.45, 2.75) is 31.7 Å². The number of rotatable bonds is 7. The first-order chi connectivity index (χ1) is 11.5. The second-order valence-electron chi connectivity index (χ2n) is 5.77. The summed E-state index contributed by atoms with van der Waals surface area (Å²) in [6, 6.07) is 4.26. The quantitative estimate of drug-likeness (QED) is 0.791. The van der Waals surface area contributed by atoms with E-state index in [-0.39, 0.29) is 12.3 Å². The predicted molar refractivity (Wildman–Crippen MR) is 89.6 cm³/mol. The van der Waals surface area contributed by atoms with Crippen LogP contribution in [0.3, 0.4) is 0 Å². The molecule has 1 aromatic rings. The van der Waals surface area contributed by atoms with Crippen LogP contribution >= 0.6 is 0 Å². The lowest BCUT2D eigenvalue weighted by Crippen LogP contribution is -2.45. The van der Waals surface area contributed by atoms with Gasteiger partial charge < -0.3 is 19.9 Å². The lowest BCUT2D eigenvalue weighted by Gasteiger charge is -2.31. The zero-order chi connectivity index (χ0) is 17.5. The molecule has 0 aromatic heterocycles. The average molecular weight is 336 g/mol. The van der Waals surface area contributed by atoms with Crippen molar-refractivity contribution in [2.75, 3.05) is 32.6 Å². The summed E-state index contributed by atoms with van der Waals surface area (Å²) < 4.78 is 10.4. The molecule has 0 radical (unpaired) electrons. The Hall–Kier alpha value is -2.28. The third-order valence-corrected chi connectivity index (χ3v) is 4.18. The highest BCUT2D eigenvalue weighted by molar-refractivity contribution is 5.95. The van der Waals surface area contributed by atoms with Crippen LogP contribution in [0.25, 0.3) is 0 Å². The van der Waals surface area contributed by atoms with Gasteiger partial charge in [0.15, 0.2) is 0 Å². The fraction of sp³-hybridized carbons (Fsp3) is 0.529. The number of aliphatic carboxylic acids is 1. The number of carboxylic acids is 1. The van der Waals surface area contributed by atoms with Crippen LogP contribution in [-0.2, 0) is 9.59 Å². The number of hydrogen-bond acceptors (Lipinski definition) is 5. The van der Waals surface area contributed by atoms with E-state index in [2.05, 4.69) is 5.32 Å². The lowest BCUT2D eigenvalue weighted by molar-refractivity contribution is -0.145. The molecule has 7 nitrogen and oxygen atoms in total. The topological polar surface area (TPSA) is 88.1 Å². The van der Waals surface area contributed by atoms with Crippen molar-refractivity contribution < 1.29 is 24.2 Å². The fourth-order valence-corrected chi connectivity index (χ4v) is 2.89. The van der Waals surface area contributed by atoms with E-state index in [1.54, 1.807) is 18.2 Å². The van der Waals surface area contributed by atoms with Gasteiger partial charge in [-0.3, -0.25) is 14.5 Å². The Morgan fingerprint density at radius 1 is 1.21 bits per heavy atom. The Morgan fingerprint density at radius 2 is 1.92 bits per heavy atom. The van der Waals surface area contributed by atoms with Gasteiger partial charge in [0, 0.05) is 6.07 Å². The molecule has 0 bridgehead atoms. The monoisotopic (exact) mass is 336 g/mol. The molecule has 1 amide bonds. The number of carboxylic acid groups (broad SMARTS) is 1. The standard InChI is InChI=1S/C17H24N2O5/c1-23-12-6-7-15(24-2)13(10-12)18-16(20)11-14(17(21)22)19-8-4-3-5-9-19/h6-7,10,14H,3-5,8-9,11H2,1-2H3,(H,18,20)(H,21,22)/t14-/m0/s1. The van der Waals surface area contributed by atoms with E-state index in [1.165, 1.54) is 14.2 Å². The maximum Gasteiger partial charge on any atom is 0.321 e. The highest BCUT2D eigenvalue weighted by atomic mass is 16.5. The minimum atomic E-state index is -0.968. The number of likely N-dealkylation sites (tertiary alicyclic amines) is 1. The number of carbonyl (C=O) groups is 2. The van der Waals surface area contributed by atoms with Crippen LogP contribution in [0.4, 0.5) is 5.69 Å². The number of anilines is 1. The Morgan fingerprint density at radius 3 is 2.50 bits per heavy atom. The minimum Gasteiger partial charge on any atom is -0.497 e. The summed E-state index contributed by atoms with van der Waals surface area (Å²) in [6.45, 7) is 1.43. The molecule has 2 rings (SSSR count). The zero-order valence-electron chi connectivity index (χ0n) is 14.1. The van der Waals surface area contributed by atoms with Gasteiger partial charge in [-0.1, -0.05) is 6.42 Å². The number of amides is 1. The normalized spacial score (nSPS) is 16.2. The summed E-state index contributed by atoms with van der Waals surface area (Å²) in [4.78, 5) is 25.8. The number of piperidine rings is 1. The number of nitrogens with zero attached hydrogens (tertiary/aromatic N) is 1. The van der Waals surface area contributed by atoms with Gasteiger partial charge in [0.25, 0.3) is 0 Å². The molecule has 0 spiro atoms. The van der Waals surface area contributed by atoms with E-state index >= 15 is 0 Å². The van der Waals surface area contributed by atoms with Crippen LogP contribution in [0, 0.1) is 0 Å². The van der Waals surface area contributed by atoms with Crippen LogP contribution in [0.1, 0.15) is 25.7 Å². The first-order valence-corrected chi connectivity index (χ1v) is 8.04. The van der Waals surface area contributed by atoms with Crippen LogP contribution in [0.2, 0.25) is 0 Å². The SMILES string of the molecule is COc1ccc(OC)c(NC(=O)C[C@@H](C(=O)O)N2CCCCC2)c1. The summed E-state index contributed by atoms with van der Waals surface area (Å²) in [7, 11) is 3.04. The number of hydrogen-bond donors (Lipinski definition) is 2. The molecule has 132 valence electrons. The molecule has 1 saturated heterocycles. The largest absolute Gasteiger partial charge is 0.497 e. The third-order valence-electron chi connectivity index (χ3n) is 4.18. The number of ether oxygens (including phenoxy) is 2. The minimum absolute atomic E-state index is 0.101. The Bertz CT molecular complexity index is 584. The first-order valence-electron chi connectivity index (χ1n) is 8.04. The summed E-state index contributed by atoms with van der Waals surface area (Å²) in [5, 5.41) is 12.2. The van der Waals surface area contributed by atoms with Crippen molar-refractivity contribution in [1.82, 2.24) is 4.90 Å². The van der Waals surface area contributed by atoms with Gasteiger partial charge in [-0.05, 0) is 38.1 Å². The summed E-state index contributed by atoms with van der Waals surface area (Å²) in [5.74, 6) is -0.255. The average Bonchev–Trinajstić information content (AvgIpc) is 2.60. The molecule has 7 heteroatoms. The molecular weight excluding hydrogens is 312 g/mol. The number of nitrogens with one attached hydrogen (secondary N) is 1. The number of carbonyl (C=O) groups excluding carboxylic acids is 1. The Kier molecular flexibility index (Phi) is 6.43. The molecule has 0 unspecified atom stereocenters. The molecular formula is C17H24N2O5. The van der Waals surface area contributed by atoms with Crippen LogP contribution in [-0.4, -0.2) is 55.2 Å². The zero-order valence-corrected chi connectivity index (χ0v) is 14.1. The lowest BCUT2D eigenvalue weighted by atomic mass is 10.1. The highest BCUT2D eigenvalue weighted by Gasteiger charge is 2.29.